The maximum Gasteiger partial charge on any atom is 0.321 e. The van der Waals surface area contributed by atoms with E-state index in [4.69, 9.17) is 0 Å². The van der Waals surface area contributed by atoms with E-state index in [1.807, 2.05) is 31.2 Å². The zero-order chi connectivity index (χ0) is 19.2. The van der Waals surface area contributed by atoms with Gasteiger partial charge in [-0.3, -0.25) is 9.59 Å². The number of carboxylic acid groups (broad SMARTS) is 1. The highest BCUT2D eigenvalue weighted by atomic mass is 32.2. The fourth-order valence-corrected chi connectivity index (χ4v) is 3.93. The van der Waals surface area contributed by atoms with Crippen LogP contribution in [0.15, 0.2) is 54.6 Å². The molecule has 0 aliphatic rings. The predicted octanol–water partition coefficient (Wildman–Crippen LogP) is 2.43. The first kappa shape index (κ1) is 19.7. The van der Waals surface area contributed by atoms with Crippen molar-refractivity contribution in [3.63, 3.8) is 0 Å². The summed E-state index contributed by atoms with van der Waals surface area (Å²) in [5.74, 6) is -3.06. The number of nitrogens with one attached hydrogen (secondary N) is 1. The van der Waals surface area contributed by atoms with Gasteiger partial charge in [0.25, 0.3) is 0 Å². The summed E-state index contributed by atoms with van der Waals surface area (Å²) < 4.78 is 24.8. The molecule has 0 aliphatic heterocycles. The number of benzene rings is 2. The standard InChI is InChI=1S/C19H21NO5S/c1-14-7-9-15(10-8-14)11-12-17(19(22)23)26(24,25)13-18(21)20-16-5-3-2-4-6-16/h2-10,17H,11-13H2,1H3,(H,20,21)(H,22,23). The Hall–Kier alpha value is -2.67. The second kappa shape index (κ2) is 8.62. The van der Waals surface area contributed by atoms with Gasteiger partial charge in [0.15, 0.2) is 15.1 Å². The molecule has 2 aromatic carbocycles. The molecule has 7 heteroatoms. The average molecular weight is 375 g/mol. The van der Waals surface area contributed by atoms with Crippen molar-refractivity contribution in [2.24, 2.45) is 0 Å². The van der Waals surface area contributed by atoms with E-state index in [-0.39, 0.29) is 6.42 Å². The second-order valence-corrected chi connectivity index (χ2v) is 8.26. The fourth-order valence-electron chi connectivity index (χ4n) is 2.51. The van der Waals surface area contributed by atoms with Gasteiger partial charge < -0.3 is 10.4 Å². The molecular formula is C19H21NO5S. The van der Waals surface area contributed by atoms with Crippen LogP contribution in [0.4, 0.5) is 5.69 Å². The topological polar surface area (TPSA) is 101 Å². The second-order valence-electron chi connectivity index (χ2n) is 6.07. The van der Waals surface area contributed by atoms with Gasteiger partial charge in [0.05, 0.1) is 0 Å². The third-order valence-electron chi connectivity index (χ3n) is 3.91. The van der Waals surface area contributed by atoms with E-state index in [0.29, 0.717) is 12.1 Å². The van der Waals surface area contributed by atoms with Gasteiger partial charge in [0.1, 0.15) is 5.75 Å². The highest BCUT2D eigenvalue weighted by Crippen LogP contribution is 2.14. The van der Waals surface area contributed by atoms with Gasteiger partial charge >= 0.3 is 5.97 Å². The third kappa shape index (κ3) is 5.70. The largest absolute Gasteiger partial charge is 0.480 e. The number of aliphatic carboxylic acids is 1. The molecule has 0 saturated carbocycles. The van der Waals surface area contributed by atoms with E-state index in [1.54, 1.807) is 30.3 Å². The first-order valence-corrected chi connectivity index (χ1v) is 9.84. The Morgan fingerprint density at radius 3 is 2.23 bits per heavy atom. The molecule has 0 bridgehead atoms. The number of carboxylic acids is 1. The summed E-state index contributed by atoms with van der Waals surface area (Å²) in [6.45, 7) is 1.93. The van der Waals surface area contributed by atoms with Gasteiger partial charge in [0, 0.05) is 5.69 Å². The maximum atomic E-state index is 12.4. The quantitative estimate of drug-likeness (QED) is 0.738. The molecule has 2 N–H and O–H groups in total. The van der Waals surface area contributed by atoms with Gasteiger partial charge in [-0.2, -0.15) is 0 Å². The van der Waals surface area contributed by atoms with E-state index in [9.17, 15) is 23.1 Å². The van der Waals surface area contributed by atoms with Crippen molar-refractivity contribution in [3.8, 4) is 0 Å². The van der Waals surface area contributed by atoms with Crippen LogP contribution in [0.5, 0.6) is 0 Å². The van der Waals surface area contributed by atoms with Crippen molar-refractivity contribution < 1.29 is 23.1 Å². The molecule has 6 nitrogen and oxygen atoms in total. The summed E-state index contributed by atoms with van der Waals surface area (Å²) in [5.41, 5.74) is 2.37. The number of anilines is 1. The maximum absolute atomic E-state index is 12.4. The molecule has 0 fully saturated rings. The molecule has 1 atom stereocenters. The minimum Gasteiger partial charge on any atom is -0.480 e. The fraction of sp³-hybridized carbons (Fsp3) is 0.263. The summed E-state index contributed by atoms with van der Waals surface area (Å²) in [6.07, 6.45) is 0.218. The molecule has 2 rings (SSSR count). The van der Waals surface area contributed by atoms with Crippen LogP contribution in [0.1, 0.15) is 17.5 Å². The van der Waals surface area contributed by atoms with E-state index < -0.39 is 32.7 Å². The minimum absolute atomic E-state index is 0.0840. The van der Waals surface area contributed by atoms with Gasteiger partial charge in [-0.05, 0) is 37.5 Å². The normalized spacial score (nSPS) is 12.3. The van der Waals surface area contributed by atoms with Crippen molar-refractivity contribution in [2.45, 2.75) is 25.0 Å². The Bertz CT molecular complexity index is 861. The monoisotopic (exact) mass is 375 g/mol. The molecule has 0 saturated heterocycles. The van der Waals surface area contributed by atoms with Crippen LogP contribution < -0.4 is 5.32 Å². The van der Waals surface area contributed by atoms with Gasteiger partial charge in [-0.25, -0.2) is 8.42 Å². The Morgan fingerprint density at radius 1 is 1.04 bits per heavy atom. The van der Waals surface area contributed by atoms with Crippen LogP contribution in [-0.2, 0) is 25.8 Å². The Balaban J connectivity index is 2.03. The number of carbonyl (C=O) groups excluding carboxylic acids is 1. The zero-order valence-electron chi connectivity index (χ0n) is 14.4. The Labute approximate surface area is 152 Å². The molecule has 0 aromatic heterocycles. The number of aryl methyl sites for hydroxylation is 2. The smallest absolute Gasteiger partial charge is 0.321 e. The molecule has 138 valence electrons. The molecule has 1 unspecified atom stereocenters. The lowest BCUT2D eigenvalue weighted by molar-refractivity contribution is -0.136. The van der Waals surface area contributed by atoms with Crippen molar-refractivity contribution in [1.82, 2.24) is 0 Å². The first-order valence-electron chi connectivity index (χ1n) is 8.13. The SMILES string of the molecule is Cc1ccc(CCC(C(=O)O)S(=O)(=O)CC(=O)Nc2ccccc2)cc1. The molecule has 26 heavy (non-hydrogen) atoms. The number of amides is 1. The lowest BCUT2D eigenvalue weighted by atomic mass is 10.1. The summed E-state index contributed by atoms with van der Waals surface area (Å²) in [4.78, 5) is 23.4. The summed E-state index contributed by atoms with van der Waals surface area (Å²) >= 11 is 0. The predicted molar refractivity (Wildman–Crippen MR) is 99.8 cm³/mol. The van der Waals surface area contributed by atoms with Gasteiger partial charge in [-0.15, -0.1) is 0 Å². The van der Waals surface area contributed by atoms with Crippen molar-refractivity contribution in [1.29, 1.82) is 0 Å². The van der Waals surface area contributed by atoms with E-state index in [0.717, 1.165) is 11.1 Å². The number of sulfone groups is 1. The van der Waals surface area contributed by atoms with Crippen molar-refractivity contribution in [2.75, 3.05) is 11.1 Å². The van der Waals surface area contributed by atoms with Crippen LogP contribution in [0, 0.1) is 6.92 Å². The summed E-state index contributed by atoms with van der Waals surface area (Å²) in [6, 6.07) is 15.8. The molecule has 0 spiro atoms. The van der Waals surface area contributed by atoms with E-state index in [2.05, 4.69) is 5.32 Å². The molecule has 0 heterocycles. The third-order valence-corrected chi connectivity index (χ3v) is 5.88. The van der Waals surface area contributed by atoms with Crippen LogP contribution in [0.2, 0.25) is 0 Å². The van der Waals surface area contributed by atoms with Crippen LogP contribution >= 0.6 is 0 Å². The number of hydrogen-bond acceptors (Lipinski definition) is 4. The van der Waals surface area contributed by atoms with Crippen LogP contribution in [-0.4, -0.2) is 36.4 Å². The minimum atomic E-state index is -4.13. The first-order chi connectivity index (χ1) is 12.3. The van der Waals surface area contributed by atoms with Gasteiger partial charge in [-0.1, -0.05) is 48.0 Å². The van der Waals surface area contributed by atoms with Crippen molar-refractivity contribution >= 4 is 27.4 Å². The van der Waals surface area contributed by atoms with Crippen LogP contribution in [0.3, 0.4) is 0 Å². The zero-order valence-corrected chi connectivity index (χ0v) is 15.2. The highest BCUT2D eigenvalue weighted by Gasteiger charge is 2.34. The molecule has 0 aliphatic carbocycles. The van der Waals surface area contributed by atoms with Crippen LogP contribution in [0.25, 0.3) is 0 Å². The van der Waals surface area contributed by atoms with E-state index in [1.165, 1.54) is 0 Å². The highest BCUT2D eigenvalue weighted by molar-refractivity contribution is 7.93. The van der Waals surface area contributed by atoms with Gasteiger partial charge in [0.2, 0.25) is 5.91 Å². The van der Waals surface area contributed by atoms with E-state index >= 15 is 0 Å². The number of hydrogen-bond donors (Lipinski definition) is 2. The summed E-state index contributed by atoms with van der Waals surface area (Å²) in [5, 5.41) is 10.2. The average Bonchev–Trinajstić information content (AvgIpc) is 2.56. The number of para-hydroxylation sites is 1. The Morgan fingerprint density at radius 2 is 1.65 bits per heavy atom. The molecule has 1 amide bonds. The van der Waals surface area contributed by atoms with Crippen molar-refractivity contribution in [3.05, 3.63) is 65.7 Å². The molecular weight excluding hydrogens is 354 g/mol. The summed E-state index contributed by atoms with van der Waals surface area (Å²) in [7, 11) is -4.13. The lowest BCUT2D eigenvalue weighted by Crippen LogP contribution is -2.36. The number of rotatable bonds is 8. The lowest BCUT2D eigenvalue weighted by Gasteiger charge is -2.14. The molecule has 0 radical (unpaired) electrons. The molecule has 2 aromatic rings. The Kier molecular flexibility index (Phi) is 6.52. The number of carbonyl (C=O) groups is 2.